The van der Waals surface area contributed by atoms with Gasteiger partial charge < -0.3 is 19.7 Å². The number of nitrogens with one attached hydrogen (secondary N) is 1. The van der Waals surface area contributed by atoms with Gasteiger partial charge in [0, 0.05) is 38.7 Å². The first-order chi connectivity index (χ1) is 13.5. The molecule has 7 heteroatoms. The largest absolute Gasteiger partial charge is 0.448 e. The van der Waals surface area contributed by atoms with E-state index in [9.17, 15) is 9.59 Å². The zero-order valence-corrected chi connectivity index (χ0v) is 16.7. The molecule has 0 radical (unpaired) electrons. The fraction of sp³-hybridized carbons (Fsp3) is 0.619. The van der Waals surface area contributed by atoms with Crippen molar-refractivity contribution in [2.75, 3.05) is 32.5 Å². The van der Waals surface area contributed by atoms with Crippen LogP contribution in [0.25, 0.3) is 0 Å². The molecule has 1 aromatic rings. The number of benzene rings is 1. The maximum atomic E-state index is 12.6. The van der Waals surface area contributed by atoms with Gasteiger partial charge in [0.25, 0.3) is 5.79 Å². The number of hydrogen-bond donors (Lipinski definition) is 1. The molecule has 0 aromatic heterocycles. The molecule has 0 bridgehead atoms. The van der Waals surface area contributed by atoms with Gasteiger partial charge in [-0.05, 0) is 44.4 Å². The molecule has 1 aliphatic carbocycles. The van der Waals surface area contributed by atoms with Crippen LogP contribution in [0.15, 0.2) is 18.2 Å². The maximum absolute atomic E-state index is 12.6. The summed E-state index contributed by atoms with van der Waals surface area (Å²) in [5.41, 5.74) is 0.690. The molecule has 1 atom stereocenters. The van der Waals surface area contributed by atoms with E-state index >= 15 is 0 Å². The van der Waals surface area contributed by atoms with Crippen LogP contribution in [0.4, 0.5) is 5.69 Å². The first-order valence-corrected chi connectivity index (χ1v) is 10.2. The molecule has 2 fully saturated rings. The van der Waals surface area contributed by atoms with E-state index in [1.807, 2.05) is 23.1 Å². The molecular formula is C21H29N3O4. The smallest absolute Gasteiger partial charge is 0.251 e. The van der Waals surface area contributed by atoms with Crippen molar-refractivity contribution in [3.63, 3.8) is 0 Å². The Labute approximate surface area is 166 Å². The number of hydrogen-bond acceptors (Lipinski definition) is 5. The minimum absolute atomic E-state index is 0.0613. The van der Waals surface area contributed by atoms with Crippen LogP contribution < -0.4 is 14.8 Å². The van der Waals surface area contributed by atoms with E-state index in [1.54, 1.807) is 19.0 Å². The van der Waals surface area contributed by atoms with Crippen LogP contribution in [-0.2, 0) is 9.59 Å². The zero-order valence-electron chi connectivity index (χ0n) is 16.7. The van der Waals surface area contributed by atoms with E-state index in [0.717, 1.165) is 50.8 Å². The number of ether oxygens (including phenoxy) is 2. The van der Waals surface area contributed by atoms with Crippen molar-refractivity contribution >= 4 is 17.5 Å². The van der Waals surface area contributed by atoms with Gasteiger partial charge in [-0.25, -0.2) is 0 Å². The van der Waals surface area contributed by atoms with Crippen molar-refractivity contribution in [1.29, 1.82) is 0 Å². The summed E-state index contributed by atoms with van der Waals surface area (Å²) in [6, 6.07) is 5.34. The van der Waals surface area contributed by atoms with Crippen LogP contribution in [0.1, 0.15) is 44.9 Å². The molecule has 1 spiro atoms. The number of likely N-dealkylation sites (N-methyl/N-ethyl adjacent to an activating group) is 1. The molecule has 1 aromatic carbocycles. The first kappa shape index (κ1) is 19.1. The molecule has 28 heavy (non-hydrogen) atoms. The lowest BCUT2D eigenvalue weighted by Crippen LogP contribution is -2.45. The molecule has 1 unspecified atom stereocenters. The fourth-order valence-electron chi connectivity index (χ4n) is 4.44. The van der Waals surface area contributed by atoms with Crippen LogP contribution in [0.5, 0.6) is 11.5 Å². The van der Waals surface area contributed by atoms with Crippen LogP contribution in [0.3, 0.4) is 0 Å². The minimum Gasteiger partial charge on any atom is -0.448 e. The highest BCUT2D eigenvalue weighted by molar-refractivity contribution is 5.93. The second-order valence-electron chi connectivity index (χ2n) is 8.25. The van der Waals surface area contributed by atoms with E-state index in [-0.39, 0.29) is 24.4 Å². The monoisotopic (exact) mass is 387 g/mol. The molecule has 1 N–H and O–H groups in total. The Kier molecular flexibility index (Phi) is 5.19. The first-order valence-electron chi connectivity index (χ1n) is 10.2. The van der Waals surface area contributed by atoms with E-state index < -0.39 is 5.79 Å². The molecule has 2 aliphatic heterocycles. The van der Waals surface area contributed by atoms with Gasteiger partial charge in [-0.3, -0.25) is 14.5 Å². The van der Waals surface area contributed by atoms with Crippen molar-refractivity contribution in [2.24, 2.45) is 0 Å². The number of nitrogens with zero attached hydrogens (tertiary/aromatic N) is 2. The van der Waals surface area contributed by atoms with Gasteiger partial charge >= 0.3 is 0 Å². The number of amides is 2. The van der Waals surface area contributed by atoms with E-state index in [2.05, 4.69) is 5.32 Å². The van der Waals surface area contributed by atoms with Gasteiger partial charge in [0.05, 0.1) is 12.6 Å². The summed E-state index contributed by atoms with van der Waals surface area (Å²) in [4.78, 5) is 28.4. The molecule has 1 saturated carbocycles. The molecule has 7 nitrogen and oxygen atoms in total. The van der Waals surface area contributed by atoms with Crippen LogP contribution in [-0.4, -0.2) is 60.6 Å². The quantitative estimate of drug-likeness (QED) is 0.860. The minimum atomic E-state index is -0.515. The van der Waals surface area contributed by atoms with E-state index in [4.69, 9.17) is 9.47 Å². The zero-order chi connectivity index (χ0) is 19.7. The van der Waals surface area contributed by atoms with Crippen molar-refractivity contribution in [3.8, 4) is 11.5 Å². The predicted molar refractivity (Wildman–Crippen MR) is 105 cm³/mol. The van der Waals surface area contributed by atoms with Crippen LogP contribution in [0.2, 0.25) is 0 Å². The Morgan fingerprint density at radius 3 is 2.64 bits per heavy atom. The molecule has 2 heterocycles. The van der Waals surface area contributed by atoms with Gasteiger partial charge in [0.1, 0.15) is 0 Å². The van der Waals surface area contributed by atoms with Gasteiger partial charge in [-0.2, -0.15) is 0 Å². The topological polar surface area (TPSA) is 71.1 Å². The summed E-state index contributed by atoms with van der Waals surface area (Å²) in [5, 5.41) is 2.94. The van der Waals surface area contributed by atoms with Crippen LogP contribution in [0, 0.1) is 0 Å². The maximum Gasteiger partial charge on any atom is 0.251 e. The van der Waals surface area contributed by atoms with E-state index in [1.165, 1.54) is 6.42 Å². The lowest BCUT2D eigenvalue weighted by Gasteiger charge is -2.31. The number of carbonyl (C=O) groups is 2. The second-order valence-corrected chi connectivity index (χ2v) is 8.25. The number of rotatable bonds is 4. The SMILES string of the molecule is CN(C)C(=O)C1CCCN1CC(=O)Nc1ccc2c(c1)OC1(CCCCC1)O2. The number of likely N-dealkylation sites (tertiary alicyclic amines) is 1. The highest BCUT2D eigenvalue weighted by Gasteiger charge is 2.42. The molecular weight excluding hydrogens is 358 g/mol. The van der Waals surface area contributed by atoms with Crippen molar-refractivity contribution in [3.05, 3.63) is 18.2 Å². The van der Waals surface area contributed by atoms with Gasteiger partial charge in [-0.1, -0.05) is 6.42 Å². The van der Waals surface area contributed by atoms with Gasteiger partial charge in [0.2, 0.25) is 11.8 Å². The predicted octanol–water partition coefficient (Wildman–Crippen LogP) is 2.61. The Balaban J connectivity index is 1.37. The Bertz CT molecular complexity index is 758. The average molecular weight is 387 g/mol. The third-order valence-corrected chi connectivity index (χ3v) is 5.87. The Morgan fingerprint density at radius 1 is 1.14 bits per heavy atom. The van der Waals surface area contributed by atoms with Crippen molar-refractivity contribution in [1.82, 2.24) is 9.80 Å². The summed E-state index contributed by atoms with van der Waals surface area (Å²) < 4.78 is 12.2. The summed E-state index contributed by atoms with van der Waals surface area (Å²) >= 11 is 0. The third-order valence-electron chi connectivity index (χ3n) is 5.87. The van der Waals surface area contributed by atoms with Crippen molar-refractivity contribution in [2.45, 2.75) is 56.8 Å². The lowest BCUT2D eigenvalue weighted by molar-refractivity contribution is -0.133. The number of anilines is 1. The Morgan fingerprint density at radius 2 is 1.89 bits per heavy atom. The van der Waals surface area contributed by atoms with Crippen LogP contribution >= 0.6 is 0 Å². The number of carbonyl (C=O) groups excluding carboxylic acids is 2. The normalized spacial score (nSPS) is 23.0. The molecule has 152 valence electrons. The highest BCUT2D eigenvalue weighted by atomic mass is 16.7. The summed E-state index contributed by atoms with van der Waals surface area (Å²) in [5.74, 6) is 0.868. The molecule has 1 saturated heterocycles. The summed E-state index contributed by atoms with van der Waals surface area (Å²) in [6.45, 7) is 0.976. The standard InChI is InChI=1S/C21H29N3O4/c1-23(2)20(26)16-7-6-12-24(16)14-19(25)22-15-8-9-17-18(13-15)28-21(27-17)10-4-3-5-11-21/h8-9,13,16H,3-7,10-12,14H2,1-2H3,(H,22,25). The highest BCUT2D eigenvalue weighted by Crippen LogP contribution is 2.46. The van der Waals surface area contributed by atoms with Gasteiger partial charge in [-0.15, -0.1) is 0 Å². The molecule has 4 rings (SSSR count). The number of fused-ring (bicyclic) bond motifs is 1. The Hall–Kier alpha value is -2.28. The fourth-order valence-corrected chi connectivity index (χ4v) is 4.44. The van der Waals surface area contributed by atoms with Crippen molar-refractivity contribution < 1.29 is 19.1 Å². The summed E-state index contributed by atoms with van der Waals surface area (Å²) in [6.07, 6.45) is 6.99. The third kappa shape index (κ3) is 3.81. The lowest BCUT2D eigenvalue weighted by atomic mass is 9.94. The van der Waals surface area contributed by atoms with Gasteiger partial charge in [0.15, 0.2) is 11.5 Å². The summed E-state index contributed by atoms with van der Waals surface area (Å²) in [7, 11) is 3.51. The molecule has 3 aliphatic rings. The average Bonchev–Trinajstić information content (AvgIpc) is 3.25. The van der Waals surface area contributed by atoms with E-state index in [0.29, 0.717) is 11.4 Å². The molecule has 2 amide bonds. The second kappa shape index (κ2) is 7.62.